The molecule has 3 rings (SSSR count). The Balaban J connectivity index is 1.63. The van der Waals surface area contributed by atoms with Crippen LogP contribution in [0, 0.1) is 0 Å². The van der Waals surface area contributed by atoms with E-state index in [1.165, 1.54) is 41.0 Å². The maximum Gasteiger partial charge on any atom is 0.286 e. The van der Waals surface area contributed by atoms with Crippen LogP contribution >= 0.6 is 27.3 Å². The molecule has 5 nitrogen and oxygen atoms in total. The van der Waals surface area contributed by atoms with Crippen LogP contribution in [0.3, 0.4) is 0 Å². The summed E-state index contributed by atoms with van der Waals surface area (Å²) in [4.78, 5) is 26.3. The number of aryl methyl sites for hydroxylation is 3. The molecule has 23 heavy (non-hydrogen) atoms. The van der Waals surface area contributed by atoms with Crippen LogP contribution in [0.5, 0.6) is 0 Å². The number of aromatic nitrogens is 1. The summed E-state index contributed by atoms with van der Waals surface area (Å²) in [6.07, 6.45) is 7.51. The maximum absolute atomic E-state index is 12.2. The molecule has 0 atom stereocenters. The zero-order chi connectivity index (χ0) is 16.4. The number of carbonyl (C=O) groups is 2. The van der Waals surface area contributed by atoms with Crippen molar-refractivity contribution in [1.82, 2.24) is 15.4 Å². The van der Waals surface area contributed by atoms with Crippen molar-refractivity contribution in [3.05, 3.63) is 43.8 Å². The molecule has 2 N–H and O–H groups in total. The second kappa shape index (κ2) is 6.88. The number of rotatable bonds is 2. The number of nitrogens with zero attached hydrogens (tertiary/aromatic N) is 1. The van der Waals surface area contributed by atoms with Gasteiger partial charge in [-0.05, 0) is 59.3 Å². The molecule has 0 saturated heterocycles. The molecule has 0 saturated carbocycles. The molecule has 2 aromatic rings. The Labute approximate surface area is 147 Å². The van der Waals surface area contributed by atoms with Crippen molar-refractivity contribution in [3.63, 3.8) is 0 Å². The van der Waals surface area contributed by atoms with Crippen molar-refractivity contribution < 1.29 is 9.59 Å². The number of thiophene rings is 1. The van der Waals surface area contributed by atoms with E-state index in [0.717, 1.165) is 17.3 Å². The second-order valence-corrected chi connectivity index (χ2v) is 7.73. The summed E-state index contributed by atoms with van der Waals surface area (Å²) < 4.78 is 2.51. The second-order valence-electron chi connectivity index (χ2n) is 5.68. The minimum atomic E-state index is -0.343. The van der Waals surface area contributed by atoms with Crippen LogP contribution in [0.2, 0.25) is 0 Å². The number of carbonyl (C=O) groups excluding carboxylic acids is 2. The van der Waals surface area contributed by atoms with Gasteiger partial charge in [0.1, 0.15) is 5.69 Å². The molecule has 0 radical (unpaired) electrons. The minimum Gasteiger partial charge on any atom is -0.345 e. The number of nitrogens with one attached hydrogen (secondary N) is 2. The standard InChI is InChI=1S/C16H18BrN3O2S/c1-20-9-11(17)8-12(20)15(21)18-19-16(22)14-7-10-5-3-2-4-6-13(10)23-14/h7-9H,2-6H2,1H3,(H,18,21)(H,19,22). The van der Waals surface area contributed by atoms with E-state index < -0.39 is 0 Å². The summed E-state index contributed by atoms with van der Waals surface area (Å²) in [5.74, 6) is -0.602. The van der Waals surface area contributed by atoms with Gasteiger partial charge in [-0.15, -0.1) is 11.3 Å². The lowest BCUT2D eigenvalue weighted by molar-refractivity contribution is 0.0844. The van der Waals surface area contributed by atoms with Crippen molar-refractivity contribution in [2.75, 3.05) is 0 Å². The highest BCUT2D eigenvalue weighted by molar-refractivity contribution is 9.10. The first kappa shape index (κ1) is 16.3. The molecule has 0 unspecified atom stereocenters. The quantitative estimate of drug-likeness (QED) is 0.605. The van der Waals surface area contributed by atoms with Crippen LogP contribution in [-0.2, 0) is 19.9 Å². The largest absolute Gasteiger partial charge is 0.345 e. The van der Waals surface area contributed by atoms with Gasteiger partial charge in [-0.1, -0.05) is 6.42 Å². The predicted molar refractivity (Wildman–Crippen MR) is 93.6 cm³/mol. The van der Waals surface area contributed by atoms with Gasteiger partial charge < -0.3 is 4.57 Å². The van der Waals surface area contributed by atoms with Crippen molar-refractivity contribution in [1.29, 1.82) is 0 Å². The molecule has 1 aliphatic rings. The molecule has 0 spiro atoms. The lowest BCUT2D eigenvalue weighted by Crippen LogP contribution is -2.41. The molecular weight excluding hydrogens is 378 g/mol. The number of amides is 2. The maximum atomic E-state index is 12.2. The Morgan fingerprint density at radius 1 is 1.13 bits per heavy atom. The van der Waals surface area contributed by atoms with Crippen molar-refractivity contribution in [2.45, 2.75) is 32.1 Å². The molecule has 0 bridgehead atoms. The van der Waals surface area contributed by atoms with E-state index >= 15 is 0 Å². The average molecular weight is 396 g/mol. The molecule has 7 heteroatoms. The van der Waals surface area contributed by atoms with E-state index in [-0.39, 0.29) is 11.8 Å². The van der Waals surface area contributed by atoms with E-state index in [9.17, 15) is 9.59 Å². The minimum absolute atomic E-state index is 0.260. The van der Waals surface area contributed by atoms with E-state index in [1.807, 2.05) is 6.07 Å². The summed E-state index contributed by atoms with van der Waals surface area (Å²) in [6.45, 7) is 0. The van der Waals surface area contributed by atoms with Crippen molar-refractivity contribution in [2.24, 2.45) is 7.05 Å². The summed E-state index contributed by atoms with van der Waals surface area (Å²) in [7, 11) is 1.78. The summed E-state index contributed by atoms with van der Waals surface area (Å²) in [5, 5.41) is 0. The van der Waals surface area contributed by atoms with Gasteiger partial charge in [-0.3, -0.25) is 20.4 Å². The van der Waals surface area contributed by atoms with Crippen molar-refractivity contribution >= 4 is 39.1 Å². The van der Waals surface area contributed by atoms with Gasteiger partial charge >= 0.3 is 0 Å². The third-order valence-corrected chi connectivity index (χ3v) is 5.63. The zero-order valence-corrected chi connectivity index (χ0v) is 15.2. The topological polar surface area (TPSA) is 63.1 Å². The van der Waals surface area contributed by atoms with E-state index in [2.05, 4.69) is 26.8 Å². The lowest BCUT2D eigenvalue weighted by Gasteiger charge is -2.06. The Morgan fingerprint density at radius 3 is 2.61 bits per heavy atom. The highest BCUT2D eigenvalue weighted by Gasteiger charge is 2.17. The molecule has 2 heterocycles. The van der Waals surface area contributed by atoms with Crippen LogP contribution in [0.15, 0.2) is 22.8 Å². The Kier molecular flexibility index (Phi) is 4.87. The van der Waals surface area contributed by atoms with Crippen LogP contribution in [-0.4, -0.2) is 16.4 Å². The number of hydrogen-bond donors (Lipinski definition) is 2. The first-order chi connectivity index (χ1) is 11.0. The Hall–Kier alpha value is -1.60. The summed E-state index contributed by atoms with van der Waals surface area (Å²) in [5.41, 5.74) is 6.73. The molecule has 2 amide bonds. The fourth-order valence-corrected chi connectivity index (χ4v) is 4.44. The van der Waals surface area contributed by atoms with Crippen LogP contribution in [0.25, 0.3) is 0 Å². The highest BCUT2D eigenvalue weighted by Crippen LogP contribution is 2.28. The predicted octanol–water partition coefficient (Wildman–Crippen LogP) is 3.19. The lowest BCUT2D eigenvalue weighted by atomic mass is 10.1. The Bertz CT molecular complexity index is 727. The monoisotopic (exact) mass is 395 g/mol. The third-order valence-electron chi connectivity index (χ3n) is 3.96. The Morgan fingerprint density at radius 2 is 1.87 bits per heavy atom. The van der Waals surface area contributed by atoms with Gasteiger partial charge in [-0.25, -0.2) is 0 Å². The highest BCUT2D eigenvalue weighted by atomic mass is 79.9. The fraction of sp³-hybridized carbons (Fsp3) is 0.375. The molecular formula is C16H18BrN3O2S. The van der Waals surface area contributed by atoms with Gasteiger partial charge in [0.05, 0.1) is 4.88 Å². The SMILES string of the molecule is Cn1cc(Br)cc1C(=O)NNC(=O)c1cc2c(s1)CCCCC2. The molecule has 0 fully saturated rings. The summed E-state index contributed by atoms with van der Waals surface area (Å²) in [6, 6.07) is 3.67. The third kappa shape index (κ3) is 3.67. The van der Waals surface area contributed by atoms with Crippen LogP contribution in [0.4, 0.5) is 0 Å². The van der Waals surface area contributed by atoms with Gasteiger partial charge in [-0.2, -0.15) is 0 Å². The number of halogens is 1. The molecule has 1 aliphatic carbocycles. The van der Waals surface area contributed by atoms with E-state index in [0.29, 0.717) is 10.6 Å². The number of fused-ring (bicyclic) bond motifs is 1. The van der Waals surface area contributed by atoms with E-state index in [4.69, 9.17) is 0 Å². The van der Waals surface area contributed by atoms with Gasteiger partial charge in [0, 0.05) is 22.6 Å². The molecule has 122 valence electrons. The smallest absolute Gasteiger partial charge is 0.286 e. The number of hydrogen-bond acceptors (Lipinski definition) is 3. The van der Waals surface area contributed by atoms with E-state index in [1.54, 1.807) is 23.9 Å². The normalized spacial score (nSPS) is 14.0. The zero-order valence-electron chi connectivity index (χ0n) is 12.8. The first-order valence-corrected chi connectivity index (χ1v) is 9.19. The van der Waals surface area contributed by atoms with Gasteiger partial charge in [0.2, 0.25) is 0 Å². The van der Waals surface area contributed by atoms with Crippen LogP contribution < -0.4 is 10.9 Å². The fourth-order valence-electron chi connectivity index (χ4n) is 2.77. The van der Waals surface area contributed by atoms with Crippen LogP contribution in [0.1, 0.15) is 49.9 Å². The number of hydrazine groups is 1. The molecule has 0 aromatic carbocycles. The van der Waals surface area contributed by atoms with Gasteiger partial charge in [0.15, 0.2) is 0 Å². The van der Waals surface area contributed by atoms with Crippen molar-refractivity contribution in [3.8, 4) is 0 Å². The van der Waals surface area contributed by atoms with Gasteiger partial charge in [0.25, 0.3) is 11.8 Å². The molecule has 0 aliphatic heterocycles. The average Bonchev–Trinajstić information content (AvgIpc) is 3.00. The molecule has 2 aromatic heterocycles. The summed E-state index contributed by atoms with van der Waals surface area (Å²) >= 11 is 4.86. The first-order valence-electron chi connectivity index (χ1n) is 7.58.